The highest BCUT2D eigenvalue weighted by Gasteiger charge is 2.29. The highest BCUT2D eigenvalue weighted by molar-refractivity contribution is 6.32. The molecule has 0 radical (unpaired) electrons. The number of rotatable bonds is 10. The molecule has 4 heteroatoms. The third kappa shape index (κ3) is 13.4. The number of fused-ring (bicyclic) bond motifs is 21. The van der Waals surface area contributed by atoms with Gasteiger partial charge in [0.1, 0.15) is 44.7 Å². The van der Waals surface area contributed by atoms with Crippen molar-refractivity contribution in [1.29, 1.82) is 0 Å². The molecule has 4 aromatic heterocycles. The molecule has 4 nitrogen and oxygen atoms in total. The topological polar surface area (TPSA) is 52.6 Å². The van der Waals surface area contributed by atoms with E-state index in [1.54, 1.807) is 0 Å². The third-order valence-corrected chi connectivity index (χ3v) is 27.7. The zero-order chi connectivity index (χ0) is 114. The van der Waals surface area contributed by atoms with Crippen LogP contribution in [0.25, 0.3) is 296 Å². The van der Waals surface area contributed by atoms with E-state index in [1.165, 1.54) is 0 Å². The molecule has 0 amide bonds. The van der Waals surface area contributed by atoms with Gasteiger partial charge in [0.2, 0.25) is 0 Å². The van der Waals surface area contributed by atoms with E-state index < -0.39 is 72.5 Å². The summed E-state index contributed by atoms with van der Waals surface area (Å²) in [5.41, 5.74) is 16.7. The molecule has 0 fully saturated rings. The van der Waals surface area contributed by atoms with Gasteiger partial charge < -0.3 is 17.7 Å². The summed E-state index contributed by atoms with van der Waals surface area (Å²) in [7, 11) is 0. The lowest BCUT2D eigenvalue weighted by atomic mass is 9.83. The monoisotopic (exact) mass is 1830 g/mol. The van der Waals surface area contributed by atoms with Crippen molar-refractivity contribution in [2.75, 3.05) is 0 Å². The lowest BCUT2D eigenvalue weighted by Crippen LogP contribution is -1.92. The summed E-state index contributed by atoms with van der Waals surface area (Å²) in [6.45, 7) is 0. The Bertz CT molecular complexity index is 11800. The fourth-order valence-electron chi connectivity index (χ4n) is 21.5. The predicted molar refractivity (Wildman–Crippen MR) is 600 cm³/mol. The minimum absolute atomic E-state index is 0.147. The Morgan fingerprint density at radius 1 is 0.134 bits per heavy atom. The quantitative estimate of drug-likeness (QED) is 0.128. The van der Waals surface area contributed by atoms with Crippen molar-refractivity contribution in [1.82, 2.24) is 0 Å². The largest absolute Gasteiger partial charge is 0.456 e. The molecule has 0 saturated heterocycles. The summed E-state index contributed by atoms with van der Waals surface area (Å²) < 4.78 is 247. The van der Waals surface area contributed by atoms with E-state index in [2.05, 4.69) is 0 Å². The van der Waals surface area contributed by atoms with E-state index in [0.29, 0.717) is 105 Å². The molecular weight excluding hydrogens is 1720 g/mol. The summed E-state index contributed by atoms with van der Waals surface area (Å²) in [6, 6.07) is 107. The minimum Gasteiger partial charge on any atom is -0.456 e. The summed E-state index contributed by atoms with van der Waals surface area (Å²) in [5, 5.41) is 13.5. The average molecular weight is 1830 g/mol. The molecule has 0 saturated carbocycles. The lowest BCUT2D eigenvalue weighted by molar-refractivity contribution is 0.668. The molecule has 30 rings (SSSR count). The second-order valence-corrected chi connectivity index (χ2v) is 35.4. The molecule has 30 aromatic rings. The maximum absolute atomic E-state index is 9.59. The van der Waals surface area contributed by atoms with E-state index in [1.807, 2.05) is 364 Å². The van der Waals surface area contributed by atoms with Gasteiger partial charge in [-0.25, -0.2) is 0 Å². The van der Waals surface area contributed by atoms with Gasteiger partial charge in [0.25, 0.3) is 0 Å². The first kappa shape index (κ1) is 60.7. The van der Waals surface area contributed by atoms with E-state index in [9.17, 15) is 16.4 Å². The van der Waals surface area contributed by atoms with Gasteiger partial charge >= 0.3 is 0 Å². The highest BCUT2D eigenvalue weighted by Crippen LogP contribution is 2.55. The molecule has 0 spiro atoms. The first-order chi connectivity index (χ1) is 80.4. The maximum Gasteiger partial charge on any atom is 0.143 e. The summed E-state index contributed by atoms with van der Waals surface area (Å²) in [5.74, 6) is 0. The Morgan fingerprint density at radius 2 is 0.415 bits per heavy atom. The van der Waals surface area contributed by atoms with Gasteiger partial charge in [-0.05, 0) is 282 Å². The van der Waals surface area contributed by atoms with Crippen molar-refractivity contribution in [3.8, 4) is 111 Å². The van der Waals surface area contributed by atoms with E-state index >= 15 is 0 Å². The number of hydrogen-bond acceptors (Lipinski definition) is 4. The van der Waals surface area contributed by atoms with Crippen molar-refractivity contribution in [2.24, 2.45) is 0 Å². The highest BCUT2D eigenvalue weighted by atomic mass is 16.3. The zero-order valence-electron chi connectivity index (χ0n) is 99.3. The van der Waals surface area contributed by atoms with Crippen LogP contribution in [0.15, 0.2) is 527 Å². The first-order valence-corrected chi connectivity index (χ1v) is 46.8. The van der Waals surface area contributed by atoms with E-state index in [0.717, 1.165) is 109 Å². The molecule has 0 unspecified atom stereocenters. The zero-order valence-corrected chi connectivity index (χ0v) is 75.3. The predicted octanol–water partition coefficient (Wildman–Crippen LogP) is 39.7. The molecular formula is C138H84O4. The molecule has 4 heterocycles. The standard InChI is InChI=1S/C48H28O2.C48H30O.C42H26O/c1-2-13-30-28-31(25-24-29(30)12-1)44-32-14-3-5-16-34(32)45(35-17-6-4-15-33(35)44)40-27-26-37(48-47(40)39-19-8-10-22-42(39)50-48)36-20-11-23-43-46(36)38-18-7-9-21-41(38)49-43;1-2-15-32(16-3-1)36-18-6-7-19-37(36)35-29-43(48-42-24-12-13-25-44(42)49-45(48)30-35)47-40-22-10-8-20-38(40)46(39-21-9-11-23-41(39)47)34-27-26-31-14-4-5-17-33(31)28-34;1-2-12-27(13-3-1)31-25-37(42-36-20-10-11-21-38(36)43-39(42)26-31)41-34-18-8-6-16-32(34)40(33-17-7-9-19-35(33)41)30-23-22-28-14-4-5-15-29(28)24-30/h1-28H;1-30H;1-26H/i3D,4D,5D,6D,14D,15D,16D,17D;8D,9D,10D,11D,20D,21D,22D,23D;6D,7D,8D,9D,16D,17D,18D,19D. The van der Waals surface area contributed by atoms with Crippen molar-refractivity contribution in [3.63, 3.8) is 0 Å². The Balaban J connectivity index is 0.000000116. The van der Waals surface area contributed by atoms with Crippen molar-refractivity contribution < 1.29 is 50.6 Å². The molecule has 0 aliphatic carbocycles. The number of para-hydroxylation sites is 4. The Hall–Kier alpha value is -18.7. The van der Waals surface area contributed by atoms with Crippen LogP contribution in [0.2, 0.25) is 0 Å². The Kier molecular flexibility index (Phi) is 14.4. The van der Waals surface area contributed by atoms with Crippen LogP contribution < -0.4 is 0 Å². The first-order valence-electron chi connectivity index (χ1n) is 58.8. The van der Waals surface area contributed by atoms with E-state index in [-0.39, 0.29) is 154 Å². The van der Waals surface area contributed by atoms with Crippen LogP contribution in [0.5, 0.6) is 0 Å². The molecule has 0 atom stereocenters. The third-order valence-electron chi connectivity index (χ3n) is 27.7. The second-order valence-electron chi connectivity index (χ2n) is 35.4. The van der Waals surface area contributed by atoms with Gasteiger partial charge in [0.15, 0.2) is 0 Å². The number of hydrogen-bond donors (Lipinski definition) is 0. The molecule has 26 aromatic carbocycles. The summed E-state index contributed by atoms with van der Waals surface area (Å²) in [4.78, 5) is 0. The SMILES string of the molecule is [2H]c1c([2H])c([2H])c2c(-c3cc(-c4ccccc4)cc4oc5ccccc5c34)c3c([2H])c([2H])c([2H])c([2H])c3c(-c3ccc4ccccc4c3)c2c1[2H].[2H]c1c([2H])c([2H])c2c(-c3cc(-c4ccccc4-c4ccccc4)cc4oc5ccccc5c34)c3c([2H])c([2H])c([2H])c([2H])c3c(-c3ccc4ccccc4c3)c2c1[2H].[2H]c1c([2H])c([2H])c2c(-c3ccc(-c4cccc5oc6ccccc6c45)c4oc5ccccc5c34)c3c([2H])c([2H])c([2H])c([2H])c3c(-c3ccc4ccccc4c3)c2c1[2H]. The molecule has 0 N–H and O–H groups in total. The van der Waals surface area contributed by atoms with Crippen LogP contribution in [-0.4, -0.2) is 0 Å². The number of benzene rings is 26. The molecule has 660 valence electrons. The fourth-order valence-corrected chi connectivity index (χ4v) is 21.5. The van der Waals surface area contributed by atoms with Crippen LogP contribution in [0, 0.1) is 0 Å². The maximum atomic E-state index is 9.59. The Morgan fingerprint density at radius 3 is 0.824 bits per heavy atom. The molecule has 0 aliphatic rings. The lowest BCUT2D eigenvalue weighted by Gasteiger charge is -2.19. The minimum atomic E-state index is -0.452. The van der Waals surface area contributed by atoms with Crippen LogP contribution in [-0.2, 0) is 0 Å². The normalized spacial score (nSPS) is 14.2. The smallest absolute Gasteiger partial charge is 0.143 e. The molecule has 0 bridgehead atoms. The molecule has 0 aliphatic heterocycles. The summed E-state index contributed by atoms with van der Waals surface area (Å²) >= 11 is 0. The van der Waals surface area contributed by atoms with Gasteiger partial charge in [0, 0.05) is 48.7 Å². The molecule has 142 heavy (non-hydrogen) atoms. The average Bonchev–Trinajstić information content (AvgIpc) is 1.05. The van der Waals surface area contributed by atoms with Crippen LogP contribution >= 0.6 is 0 Å². The van der Waals surface area contributed by atoms with Gasteiger partial charge in [0.05, 0.1) is 32.9 Å². The fraction of sp³-hybridized carbons (Fsp3) is 0. The van der Waals surface area contributed by atoms with Crippen LogP contribution in [0.4, 0.5) is 0 Å². The van der Waals surface area contributed by atoms with Gasteiger partial charge in [-0.1, -0.05) is 430 Å². The van der Waals surface area contributed by atoms with Crippen LogP contribution in [0.1, 0.15) is 32.9 Å². The van der Waals surface area contributed by atoms with Crippen molar-refractivity contribution in [2.45, 2.75) is 0 Å². The number of furan rings is 4. The van der Waals surface area contributed by atoms with Gasteiger partial charge in [-0.15, -0.1) is 0 Å². The second kappa shape index (κ2) is 33.6. The van der Waals surface area contributed by atoms with Gasteiger partial charge in [-0.2, -0.15) is 0 Å². The summed E-state index contributed by atoms with van der Waals surface area (Å²) in [6.07, 6.45) is 0. The van der Waals surface area contributed by atoms with E-state index in [4.69, 9.17) is 34.1 Å². The Labute approximate surface area is 851 Å². The van der Waals surface area contributed by atoms with Crippen molar-refractivity contribution >= 4 is 185 Å². The van der Waals surface area contributed by atoms with Crippen molar-refractivity contribution in [3.05, 3.63) is 509 Å². The van der Waals surface area contributed by atoms with Crippen LogP contribution in [0.3, 0.4) is 0 Å². The van der Waals surface area contributed by atoms with Gasteiger partial charge in [-0.3, -0.25) is 0 Å².